The van der Waals surface area contributed by atoms with E-state index in [1.807, 2.05) is 18.2 Å². The van der Waals surface area contributed by atoms with Crippen LogP contribution in [-0.4, -0.2) is 67.1 Å². The number of benzene rings is 1. The van der Waals surface area contributed by atoms with E-state index >= 15 is 0 Å². The normalized spacial score (nSPS) is 17.7. The zero-order valence-electron chi connectivity index (χ0n) is 17.3. The lowest BCUT2D eigenvalue weighted by molar-refractivity contribution is 0.0211. The van der Waals surface area contributed by atoms with Crippen LogP contribution in [0.5, 0.6) is 0 Å². The van der Waals surface area contributed by atoms with Crippen LogP contribution in [0, 0.1) is 5.92 Å². The van der Waals surface area contributed by atoms with Crippen LogP contribution in [0.25, 0.3) is 0 Å². The van der Waals surface area contributed by atoms with Crippen molar-refractivity contribution < 1.29 is 18.8 Å². The van der Waals surface area contributed by atoms with Gasteiger partial charge in [0.1, 0.15) is 0 Å². The molecule has 2 fully saturated rings. The van der Waals surface area contributed by atoms with E-state index in [4.69, 9.17) is 14.0 Å². The highest BCUT2D eigenvalue weighted by atomic mass is 16.5. The summed E-state index contributed by atoms with van der Waals surface area (Å²) in [6.45, 7) is 4.89. The maximum Gasteiger partial charge on any atom is 0.317 e. The summed E-state index contributed by atoms with van der Waals surface area (Å²) in [5, 5.41) is 7.02. The highest BCUT2D eigenvalue weighted by Crippen LogP contribution is 2.25. The third kappa shape index (κ3) is 5.79. The Labute approximate surface area is 176 Å². The van der Waals surface area contributed by atoms with Crippen LogP contribution < -0.4 is 5.32 Å². The fourth-order valence-corrected chi connectivity index (χ4v) is 3.73. The van der Waals surface area contributed by atoms with Crippen LogP contribution in [-0.2, 0) is 22.3 Å². The molecule has 0 unspecified atom stereocenters. The third-order valence-electron chi connectivity index (χ3n) is 5.70. The molecule has 2 aliphatic rings. The van der Waals surface area contributed by atoms with Crippen LogP contribution >= 0.6 is 0 Å². The van der Waals surface area contributed by atoms with Gasteiger partial charge in [0.05, 0.1) is 12.5 Å². The molecule has 8 heteroatoms. The van der Waals surface area contributed by atoms with E-state index in [-0.39, 0.29) is 11.9 Å². The molecule has 3 heterocycles. The average molecular weight is 415 g/mol. The molecule has 0 spiro atoms. The molecule has 4 rings (SSSR count). The molecular weight excluding hydrogens is 384 g/mol. The molecule has 2 aliphatic heterocycles. The van der Waals surface area contributed by atoms with Crippen LogP contribution in [0.3, 0.4) is 0 Å². The van der Waals surface area contributed by atoms with E-state index in [2.05, 4.69) is 27.6 Å². The van der Waals surface area contributed by atoms with Gasteiger partial charge in [0, 0.05) is 45.9 Å². The van der Waals surface area contributed by atoms with E-state index in [0.717, 1.165) is 39.1 Å². The maximum absolute atomic E-state index is 12.2. The molecule has 0 bridgehead atoms. The van der Waals surface area contributed by atoms with Gasteiger partial charge in [0.2, 0.25) is 5.89 Å². The van der Waals surface area contributed by atoms with Gasteiger partial charge in [-0.3, -0.25) is 0 Å². The van der Waals surface area contributed by atoms with Gasteiger partial charge in [-0.15, -0.1) is 0 Å². The number of nitrogens with zero attached hydrogens (tertiary/aromatic N) is 3. The minimum Gasteiger partial charge on any atom is -0.381 e. The lowest BCUT2D eigenvalue weighted by Gasteiger charge is -2.36. The summed E-state index contributed by atoms with van der Waals surface area (Å²) < 4.78 is 16.5. The molecule has 1 aromatic carbocycles. The Balaban J connectivity index is 1.10. The van der Waals surface area contributed by atoms with Gasteiger partial charge in [-0.2, -0.15) is 4.98 Å². The molecular formula is C22H30N4O4. The number of nitrogens with one attached hydrogen (secondary N) is 1. The molecule has 2 aromatic rings. The monoisotopic (exact) mass is 414 g/mol. The first-order valence-corrected chi connectivity index (χ1v) is 10.8. The number of likely N-dealkylation sites (tertiary alicyclic amines) is 1. The van der Waals surface area contributed by atoms with Crippen molar-refractivity contribution >= 4 is 6.03 Å². The molecule has 162 valence electrons. The van der Waals surface area contributed by atoms with E-state index in [1.54, 1.807) is 4.90 Å². The summed E-state index contributed by atoms with van der Waals surface area (Å²) in [5.41, 5.74) is 1.22. The van der Waals surface area contributed by atoms with Crippen LogP contribution in [0.4, 0.5) is 4.79 Å². The number of hydrogen-bond acceptors (Lipinski definition) is 6. The first kappa shape index (κ1) is 20.8. The Morgan fingerprint density at radius 3 is 2.77 bits per heavy atom. The SMILES string of the molecule is O=C(NCCc1ccccc1)N1CC(c2nc(CCOCC3CCOCC3)no2)C1. The molecule has 30 heavy (non-hydrogen) atoms. The van der Waals surface area contributed by atoms with Gasteiger partial charge in [0.15, 0.2) is 5.82 Å². The van der Waals surface area contributed by atoms with Crippen LogP contribution in [0.1, 0.15) is 36.0 Å². The Morgan fingerprint density at radius 2 is 1.97 bits per heavy atom. The second-order valence-electron chi connectivity index (χ2n) is 8.00. The largest absolute Gasteiger partial charge is 0.381 e. The fourth-order valence-electron chi connectivity index (χ4n) is 3.73. The molecule has 8 nitrogen and oxygen atoms in total. The molecule has 1 aromatic heterocycles. The summed E-state index contributed by atoms with van der Waals surface area (Å²) >= 11 is 0. The smallest absolute Gasteiger partial charge is 0.317 e. The summed E-state index contributed by atoms with van der Waals surface area (Å²) in [5.74, 6) is 2.00. The van der Waals surface area contributed by atoms with Gasteiger partial charge in [-0.1, -0.05) is 35.5 Å². The predicted octanol–water partition coefficient (Wildman–Crippen LogP) is 2.41. The maximum atomic E-state index is 12.2. The second-order valence-corrected chi connectivity index (χ2v) is 8.00. The number of aromatic nitrogens is 2. The quantitative estimate of drug-likeness (QED) is 0.634. The first-order chi connectivity index (χ1) is 14.8. The molecule has 0 radical (unpaired) electrons. The van der Waals surface area contributed by atoms with Gasteiger partial charge >= 0.3 is 6.03 Å². The number of ether oxygens (including phenoxy) is 2. The van der Waals surface area contributed by atoms with Crippen molar-refractivity contribution in [2.45, 2.75) is 31.6 Å². The number of amides is 2. The van der Waals surface area contributed by atoms with Gasteiger partial charge in [0.25, 0.3) is 0 Å². The Bertz CT molecular complexity index is 785. The van der Waals surface area contributed by atoms with Crippen molar-refractivity contribution in [1.82, 2.24) is 20.4 Å². The van der Waals surface area contributed by atoms with Gasteiger partial charge in [-0.05, 0) is 30.7 Å². The summed E-state index contributed by atoms with van der Waals surface area (Å²) in [6, 6.07) is 10.1. The zero-order chi connectivity index (χ0) is 20.6. The highest BCUT2D eigenvalue weighted by Gasteiger charge is 2.35. The Morgan fingerprint density at radius 1 is 1.17 bits per heavy atom. The lowest BCUT2D eigenvalue weighted by atomic mass is 10.0. The van der Waals surface area contributed by atoms with Gasteiger partial charge in [-0.25, -0.2) is 4.79 Å². The molecule has 2 amide bonds. The van der Waals surface area contributed by atoms with Gasteiger partial charge < -0.3 is 24.2 Å². The minimum absolute atomic E-state index is 0.0385. The fraction of sp³-hybridized carbons (Fsp3) is 0.591. The number of rotatable bonds is 9. The number of hydrogen-bond donors (Lipinski definition) is 1. The van der Waals surface area contributed by atoms with E-state index in [9.17, 15) is 4.79 Å². The van der Waals surface area contributed by atoms with E-state index in [0.29, 0.717) is 50.3 Å². The highest BCUT2D eigenvalue weighted by molar-refractivity contribution is 5.75. The summed E-state index contributed by atoms with van der Waals surface area (Å²) in [7, 11) is 0. The van der Waals surface area contributed by atoms with Crippen molar-refractivity contribution in [1.29, 1.82) is 0 Å². The number of carbonyl (C=O) groups is 1. The molecule has 0 saturated carbocycles. The molecule has 0 aliphatic carbocycles. The third-order valence-corrected chi connectivity index (χ3v) is 5.70. The summed E-state index contributed by atoms with van der Waals surface area (Å²) in [6.07, 6.45) is 3.62. The summed E-state index contributed by atoms with van der Waals surface area (Å²) in [4.78, 5) is 18.5. The predicted molar refractivity (Wildman–Crippen MR) is 110 cm³/mol. The minimum atomic E-state index is -0.0385. The molecule has 0 atom stereocenters. The van der Waals surface area contributed by atoms with Crippen molar-refractivity contribution in [3.8, 4) is 0 Å². The van der Waals surface area contributed by atoms with E-state index in [1.165, 1.54) is 5.56 Å². The topological polar surface area (TPSA) is 89.7 Å². The average Bonchev–Trinajstić information content (AvgIpc) is 3.20. The van der Waals surface area contributed by atoms with Crippen molar-refractivity contribution in [2.24, 2.45) is 5.92 Å². The van der Waals surface area contributed by atoms with E-state index < -0.39 is 0 Å². The number of urea groups is 1. The van der Waals surface area contributed by atoms with Crippen molar-refractivity contribution in [3.05, 3.63) is 47.6 Å². The Hall–Kier alpha value is -2.45. The standard InChI is InChI=1S/C22H30N4O4/c27-22(23-10-6-17-4-2-1-3-5-17)26-14-19(15-26)21-24-20(25-30-21)9-13-29-16-18-7-11-28-12-8-18/h1-5,18-19H,6-16H2,(H,23,27). The second kappa shape index (κ2) is 10.5. The number of carbonyl (C=O) groups excluding carboxylic acids is 1. The Kier molecular flexibility index (Phi) is 7.31. The van der Waals surface area contributed by atoms with Crippen molar-refractivity contribution in [3.63, 3.8) is 0 Å². The molecule has 2 saturated heterocycles. The first-order valence-electron chi connectivity index (χ1n) is 10.8. The zero-order valence-corrected chi connectivity index (χ0v) is 17.3. The van der Waals surface area contributed by atoms with Crippen molar-refractivity contribution in [2.75, 3.05) is 46.1 Å². The van der Waals surface area contributed by atoms with Crippen LogP contribution in [0.15, 0.2) is 34.9 Å². The molecule has 1 N–H and O–H groups in total. The lowest BCUT2D eigenvalue weighted by Crippen LogP contribution is -2.52. The van der Waals surface area contributed by atoms with Crippen LogP contribution in [0.2, 0.25) is 0 Å².